The third-order valence-electron chi connectivity index (χ3n) is 3.32. The van der Waals surface area contributed by atoms with Gasteiger partial charge in [0.2, 0.25) is 0 Å². The molecule has 20 heavy (non-hydrogen) atoms. The molecular formula is C14H18N2O4. The molecule has 6 heteroatoms. The summed E-state index contributed by atoms with van der Waals surface area (Å²) in [6, 6.07) is 8.33. The quantitative estimate of drug-likeness (QED) is 0.747. The van der Waals surface area contributed by atoms with Gasteiger partial charge >= 0.3 is 12.1 Å². The van der Waals surface area contributed by atoms with Crippen LogP contribution in [0.1, 0.15) is 12.0 Å². The van der Waals surface area contributed by atoms with Gasteiger partial charge in [0, 0.05) is 12.5 Å². The predicted octanol–water partition coefficient (Wildman–Crippen LogP) is 0.975. The van der Waals surface area contributed by atoms with E-state index in [1.165, 1.54) is 0 Å². The minimum absolute atomic E-state index is 0.100. The van der Waals surface area contributed by atoms with Gasteiger partial charge < -0.3 is 20.5 Å². The summed E-state index contributed by atoms with van der Waals surface area (Å²) < 4.78 is 5.03. The number of carbonyl (C=O) groups excluding carboxylic acids is 1. The fraction of sp³-hybridized carbons (Fsp3) is 0.429. The van der Waals surface area contributed by atoms with E-state index in [1.807, 2.05) is 30.3 Å². The van der Waals surface area contributed by atoms with Crippen LogP contribution < -0.4 is 10.6 Å². The van der Waals surface area contributed by atoms with Gasteiger partial charge in [-0.25, -0.2) is 9.59 Å². The molecule has 1 aromatic carbocycles. The van der Waals surface area contributed by atoms with E-state index in [0.717, 1.165) is 18.5 Å². The maximum absolute atomic E-state index is 11.7. The average molecular weight is 278 g/mol. The van der Waals surface area contributed by atoms with E-state index in [4.69, 9.17) is 9.84 Å². The lowest BCUT2D eigenvalue weighted by Crippen LogP contribution is -2.46. The molecule has 1 heterocycles. The zero-order valence-corrected chi connectivity index (χ0v) is 11.0. The lowest BCUT2D eigenvalue weighted by molar-refractivity contribution is -0.140. The number of ether oxygens (including phenoxy) is 1. The molecule has 1 aliphatic heterocycles. The number of carbonyl (C=O) groups is 2. The molecule has 1 saturated heterocycles. The van der Waals surface area contributed by atoms with Crippen molar-refractivity contribution in [3.63, 3.8) is 0 Å². The van der Waals surface area contributed by atoms with Gasteiger partial charge in [-0.3, -0.25) is 0 Å². The number of carboxylic acids is 1. The van der Waals surface area contributed by atoms with Gasteiger partial charge in [-0.1, -0.05) is 30.3 Å². The van der Waals surface area contributed by atoms with Crippen molar-refractivity contribution in [1.29, 1.82) is 0 Å². The van der Waals surface area contributed by atoms with Gasteiger partial charge in [-0.15, -0.1) is 0 Å². The highest BCUT2D eigenvalue weighted by Gasteiger charge is 2.32. The van der Waals surface area contributed by atoms with Crippen LogP contribution in [0.15, 0.2) is 30.3 Å². The summed E-state index contributed by atoms with van der Waals surface area (Å²) in [5.74, 6) is -1.13. The molecule has 0 spiro atoms. The number of aliphatic carboxylic acids is 1. The maximum Gasteiger partial charge on any atom is 0.408 e. The minimum atomic E-state index is -1.03. The topological polar surface area (TPSA) is 87.7 Å². The SMILES string of the molecule is O=C(N[C@H](C(=O)O)[C@@H]1CCNC1)OCc1ccccc1. The first-order valence-electron chi connectivity index (χ1n) is 6.57. The van der Waals surface area contributed by atoms with Crippen molar-refractivity contribution >= 4 is 12.1 Å². The Labute approximate surface area is 117 Å². The molecule has 108 valence electrons. The average Bonchev–Trinajstić information content (AvgIpc) is 2.97. The molecule has 0 radical (unpaired) electrons. The molecule has 0 bridgehead atoms. The van der Waals surface area contributed by atoms with E-state index in [0.29, 0.717) is 6.54 Å². The first kappa shape index (κ1) is 14.3. The Morgan fingerprint density at radius 3 is 2.75 bits per heavy atom. The largest absolute Gasteiger partial charge is 0.480 e. The lowest BCUT2D eigenvalue weighted by Gasteiger charge is -2.19. The summed E-state index contributed by atoms with van der Waals surface area (Å²) in [5.41, 5.74) is 0.858. The Kier molecular flexibility index (Phi) is 4.95. The maximum atomic E-state index is 11.7. The molecule has 0 saturated carbocycles. The van der Waals surface area contributed by atoms with Gasteiger partial charge in [0.25, 0.3) is 0 Å². The van der Waals surface area contributed by atoms with Crippen LogP contribution in [0.5, 0.6) is 0 Å². The molecule has 1 fully saturated rings. The van der Waals surface area contributed by atoms with Crippen molar-refractivity contribution in [2.24, 2.45) is 5.92 Å². The highest BCUT2D eigenvalue weighted by atomic mass is 16.5. The van der Waals surface area contributed by atoms with Crippen LogP contribution >= 0.6 is 0 Å². The number of alkyl carbamates (subject to hydrolysis) is 1. The second kappa shape index (κ2) is 6.91. The van der Waals surface area contributed by atoms with Crippen molar-refractivity contribution in [2.75, 3.05) is 13.1 Å². The minimum Gasteiger partial charge on any atom is -0.480 e. The standard InChI is InChI=1S/C14H18N2O4/c17-13(18)12(11-6-7-15-8-11)16-14(19)20-9-10-4-2-1-3-5-10/h1-5,11-12,15H,6-9H2,(H,16,19)(H,17,18)/t11-,12+/m1/s1. The van der Waals surface area contributed by atoms with Gasteiger partial charge in [-0.05, 0) is 18.5 Å². The zero-order chi connectivity index (χ0) is 14.4. The summed E-state index contributed by atoms with van der Waals surface area (Å²) in [5, 5.41) is 14.7. The van der Waals surface area contributed by atoms with Crippen LogP contribution in [-0.2, 0) is 16.1 Å². The zero-order valence-electron chi connectivity index (χ0n) is 11.0. The Hall–Kier alpha value is -2.08. The second-order valence-electron chi connectivity index (χ2n) is 4.77. The molecule has 0 unspecified atom stereocenters. The van der Waals surface area contributed by atoms with Crippen LogP contribution in [0.4, 0.5) is 4.79 Å². The highest BCUT2D eigenvalue weighted by molar-refractivity contribution is 5.80. The van der Waals surface area contributed by atoms with E-state index in [9.17, 15) is 9.59 Å². The van der Waals surface area contributed by atoms with Gasteiger partial charge in [0.05, 0.1) is 0 Å². The van der Waals surface area contributed by atoms with E-state index in [2.05, 4.69) is 10.6 Å². The number of carboxylic acid groups (broad SMARTS) is 1. The number of hydrogen-bond donors (Lipinski definition) is 3. The van der Waals surface area contributed by atoms with Crippen molar-refractivity contribution < 1.29 is 19.4 Å². The molecule has 1 aliphatic rings. The third kappa shape index (κ3) is 3.96. The van der Waals surface area contributed by atoms with Crippen LogP contribution in [0.25, 0.3) is 0 Å². The lowest BCUT2D eigenvalue weighted by atomic mass is 9.99. The third-order valence-corrected chi connectivity index (χ3v) is 3.32. The van der Waals surface area contributed by atoms with Crippen LogP contribution in [0.2, 0.25) is 0 Å². The van der Waals surface area contributed by atoms with E-state index in [1.54, 1.807) is 0 Å². The fourth-order valence-corrected chi connectivity index (χ4v) is 2.23. The van der Waals surface area contributed by atoms with E-state index < -0.39 is 18.1 Å². The van der Waals surface area contributed by atoms with Crippen LogP contribution in [0.3, 0.4) is 0 Å². The first-order valence-corrected chi connectivity index (χ1v) is 6.57. The Morgan fingerprint density at radius 1 is 1.40 bits per heavy atom. The molecule has 2 atom stereocenters. The van der Waals surface area contributed by atoms with Crippen molar-refractivity contribution in [2.45, 2.75) is 19.1 Å². The molecular weight excluding hydrogens is 260 g/mol. The molecule has 1 aromatic rings. The molecule has 1 amide bonds. The Balaban J connectivity index is 1.84. The van der Waals surface area contributed by atoms with Crippen LogP contribution in [0, 0.1) is 5.92 Å². The summed E-state index contributed by atoms with van der Waals surface area (Å²) in [6.07, 6.45) is 0.0313. The normalized spacial score (nSPS) is 19.3. The fourth-order valence-electron chi connectivity index (χ4n) is 2.23. The summed E-state index contributed by atoms with van der Waals surface area (Å²) in [6.45, 7) is 1.49. The van der Waals surface area contributed by atoms with Crippen LogP contribution in [-0.4, -0.2) is 36.3 Å². The van der Waals surface area contributed by atoms with Crippen molar-refractivity contribution in [3.05, 3.63) is 35.9 Å². The number of amides is 1. The number of hydrogen-bond acceptors (Lipinski definition) is 4. The number of benzene rings is 1. The van der Waals surface area contributed by atoms with Gasteiger partial charge in [0.15, 0.2) is 0 Å². The summed E-state index contributed by atoms with van der Waals surface area (Å²) >= 11 is 0. The summed E-state index contributed by atoms with van der Waals surface area (Å²) in [4.78, 5) is 22.9. The van der Waals surface area contributed by atoms with E-state index >= 15 is 0 Å². The highest BCUT2D eigenvalue weighted by Crippen LogP contribution is 2.13. The number of nitrogens with one attached hydrogen (secondary N) is 2. The number of rotatable bonds is 5. The van der Waals surface area contributed by atoms with Crippen molar-refractivity contribution in [1.82, 2.24) is 10.6 Å². The van der Waals surface area contributed by atoms with Gasteiger partial charge in [-0.2, -0.15) is 0 Å². The Bertz CT molecular complexity index is 458. The predicted molar refractivity (Wildman–Crippen MR) is 72.2 cm³/mol. The molecule has 2 rings (SSSR count). The second-order valence-corrected chi connectivity index (χ2v) is 4.77. The molecule has 6 nitrogen and oxygen atoms in total. The molecule has 0 aliphatic carbocycles. The Morgan fingerprint density at radius 2 is 2.15 bits per heavy atom. The van der Waals surface area contributed by atoms with Crippen molar-refractivity contribution in [3.8, 4) is 0 Å². The van der Waals surface area contributed by atoms with E-state index in [-0.39, 0.29) is 12.5 Å². The molecule has 3 N–H and O–H groups in total. The smallest absolute Gasteiger partial charge is 0.408 e. The first-order chi connectivity index (χ1) is 9.66. The molecule has 0 aromatic heterocycles. The summed E-state index contributed by atoms with van der Waals surface area (Å²) in [7, 11) is 0. The monoisotopic (exact) mass is 278 g/mol. The van der Waals surface area contributed by atoms with Gasteiger partial charge in [0.1, 0.15) is 12.6 Å².